The molecule has 0 bridgehead atoms. The van der Waals surface area contributed by atoms with Gasteiger partial charge in [-0.2, -0.15) is 10.2 Å². The summed E-state index contributed by atoms with van der Waals surface area (Å²) in [5, 5.41) is 14.7. The third kappa shape index (κ3) is 4.94. The van der Waals surface area contributed by atoms with Crippen molar-refractivity contribution in [3.8, 4) is 11.3 Å². The maximum Gasteiger partial charge on any atom is 0.241 e. The molecule has 3 rings (SSSR count). The van der Waals surface area contributed by atoms with Crippen LogP contribution in [0.3, 0.4) is 0 Å². The lowest BCUT2D eigenvalue weighted by Crippen LogP contribution is -2.40. The lowest BCUT2D eigenvalue weighted by atomic mass is 10.1. The molecular weight excluding hydrogens is 383 g/mol. The summed E-state index contributed by atoms with van der Waals surface area (Å²) >= 11 is 0. The molecule has 1 amide bonds. The molecule has 0 aliphatic rings. The highest BCUT2D eigenvalue weighted by Gasteiger charge is 2.20. The Morgan fingerprint density at radius 1 is 1.30 bits per heavy atom. The molecule has 1 atom stereocenters. The Hall–Kier alpha value is -3.00. The zero-order valence-electron chi connectivity index (χ0n) is 18.2. The summed E-state index contributed by atoms with van der Waals surface area (Å²) in [7, 11) is 3.81. The van der Waals surface area contributed by atoms with Gasteiger partial charge < -0.3 is 5.32 Å². The van der Waals surface area contributed by atoms with Crippen LogP contribution in [0.25, 0.3) is 11.3 Å². The summed E-state index contributed by atoms with van der Waals surface area (Å²) < 4.78 is 14.8. The quantitative estimate of drug-likeness (QED) is 0.594. The predicted octanol–water partition coefficient (Wildman–Crippen LogP) is 3.46. The maximum atomic E-state index is 13.1. The summed E-state index contributed by atoms with van der Waals surface area (Å²) in [5.74, 6) is -0.304. The van der Waals surface area contributed by atoms with Gasteiger partial charge in [-0.3, -0.25) is 19.5 Å². The molecule has 0 aliphatic heterocycles. The molecule has 2 aromatic heterocycles. The van der Waals surface area contributed by atoms with E-state index in [0.717, 1.165) is 53.4 Å². The molecule has 3 aromatic rings. The summed E-state index contributed by atoms with van der Waals surface area (Å²) in [5.41, 5.74) is 5.23. The van der Waals surface area contributed by atoms with Crippen LogP contribution in [0.4, 0.5) is 10.1 Å². The van der Waals surface area contributed by atoms with E-state index in [-0.39, 0.29) is 17.8 Å². The molecule has 0 saturated carbocycles. The van der Waals surface area contributed by atoms with E-state index in [1.165, 1.54) is 12.1 Å². The van der Waals surface area contributed by atoms with Crippen LogP contribution in [0.5, 0.6) is 0 Å². The van der Waals surface area contributed by atoms with E-state index in [1.807, 2.05) is 45.8 Å². The number of hydrogen-bond acceptors (Lipinski definition) is 4. The van der Waals surface area contributed by atoms with Gasteiger partial charge in [-0.1, -0.05) is 0 Å². The number of rotatable bonds is 8. The Bertz CT molecular complexity index is 1010. The Morgan fingerprint density at radius 2 is 2.00 bits per heavy atom. The Labute approximate surface area is 176 Å². The van der Waals surface area contributed by atoms with E-state index >= 15 is 0 Å². The fourth-order valence-electron chi connectivity index (χ4n) is 3.35. The largest absolute Gasteiger partial charge is 0.322 e. The average Bonchev–Trinajstić information content (AvgIpc) is 3.28. The van der Waals surface area contributed by atoms with Gasteiger partial charge in [-0.15, -0.1) is 0 Å². The van der Waals surface area contributed by atoms with Crippen molar-refractivity contribution < 1.29 is 9.18 Å². The molecule has 0 radical (unpaired) electrons. The molecule has 1 aromatic carbocycles. The summed E-state index contributed by atoms with van der Waals surface area (Å²) in [6.45, 7) is 6.50. The number of nitrogens with zero attached hydrogens (tertiary/aromatic N) is 4. The molecule has 30 heavy (non-hydrogen) atoms. The Balaban J connectivity index is 1.50. The number of aryl methyl sites for hydroxylation is 3. The Kier molecular flexibility index (Phi) is 6.66. The second-order valence-electron chi connectivity index (χ2n) is 7.70. The summed E-state index contributed by atoms with van der Waals surface area (Å²) in [6.07, 6.45) is 1.69. The van der Waals surface area contributed by atoms with Crippen molar-refractivity contribution in [1.29, 1.82) is 0 Å². The maximum absolute atomic E-state index is 13.1. The molecule has 0 saturated heterocycles. The molecule has 2 N–H and O–H groups in total. The number of hydrogen-bond donors (Lipinski definition) is 2. The lowest BCUT2D eigenvalue weighted by molar-refractivity contribution is -0.120. The fourth-order valence-corrected chi connectivity index (χ4v) is 3.35. The summed E-state index contributed by atoms with van der Waals surface area (Å²) in [4.78, 5) is 14.7. The SMILES string of the molecule is Cc1nn(C)c(C)c1NC(=O)C(C)N(C)CCCc1cc(-c2ccc(F)cc2)n[nH]1. The van der Waals surface area contributed by atoms with Crippen molar-refractivity contribution in [2.24, 2.45) is 7.05 Å². The first-order chi connectivity index (χ1) is 14.3. The van der Waals surface area contributed by atoms with Crippen LogP contribution in [0, 0.1) is 19.7 Å². The number of carbonyl (C=O) groups excluding carboxylic acids is 1. The van der Waals surface area contributed by atoms with E-state index in [1.54, 1.807) is 16.8 Å². The number of aromatic nitrogens is 4. The molecular formula is C22H29FN6O. The van der Waals surface area contributed by atoms with Crippen molar-refractivity contribution in [3.63, 3.8) is 0 Å². The Morgan fingerprint density at radius 3 is 2.63 bits per heavy atom. The van der Waals surface area contributed by atoms with Crippen LogP contribution < -0.4 is 5.32 Å². The first-order valence-corrected chi connectivity index (χ1v) is 10.1. The number of carbonyl (C=O) groups is 1. The zero-order chi connectivity index (χ0) is 21.8. The van der Waals surface area contributed by atoms with Gasteiger partial charge in [-0.05, 0) is 77.5 Å². The van der Waals surface area contributed by atoms with Crippen LogP contribution in [0.15, 0.2) is 30.3 Å². The minimum atomic E-state index is -0.263. The first-order valence-electron chi connectivity index (χ1n) is 10.1. The molecule has 2 heterocycles. The second kappa shape index (κ2) is 9.21. The van der Waals surface area contributed by atoms with Gasteiger partial charge in [0, 0.05) is 18.3 Å². The number of nitrogens with one attached hydrogen (secondary N) is 2. The molecule has 1 unspecified atom stereocenters. The van der Waals surface area contributed by atoms with Crippen LogP contribution in [-0.4, -0.2) is 50.4 Å². The van der Waals surface area contributed by atoms with Crippen LogP contribution in [0.2, 0.25) is 0 Å². The number of H-pyrrole nitrogens is 1. The predicted molar refractivity (Wildman–Crippen MR) is 116 cm³/mol. The number of likely N-dealkylation sites (N-methyl/N-ethyl adjacent to an activating group) is 1. The number of aromatic amines is 1. The number of benzene rings is 1. The molecule has 7 nitrogen and oxygen atoms in total. The standard InChI is InChI=1S/C22H29FN6O/c1-14-21(15(2)29(5)27-14)24-22(30)16(3)28(4)12-6-7-19-13-20(26-25-19)17-8-10-18(23)11-9-17/h8-11,13,16H,6-7,12H2,1-5H3,(H,24,30)(H,25,26). The van der Waals surface area contributed by atoms with E-state index in [9.17, 15) is 9.18 Å². The molecule has 0 spiro atoms. The van der Waals surface area contributed by atoms with E-state index in [4.69, 9.17) is 0 Å². The van der Waals surface area contributed by atoms with Gasteiger partial charge in [0.2, 0.25) is 5.91 Å². The minimum Gasteiger partial charge on any atom is -0.322 e. The van der Waals surface area contributed by atoms with E-state index in [0.29, 0.717) is 0 Å². The number of halogens is 1. The van der Waals surface area contributed by atoms with Crippen LogP contribution in [0.1, 0.15) is 30.4 Å². The van der Waals surface area contributed by atoms with Gasteiger partial charge in [0.25, 0.3) is 0 Å². The van der Waals surface area contributed by atoms with E-state index in [2.05, 4.69) is 20.6 Å². The minimum absolute atomic E-state index is 0.0446. The van der Waals surface area contributed by atoms with E-state index < -0.39 is 0 Å². The molecule has 0 aliphatic carbocycles. The highest BCUT2D eigenvalue weighted by molar-refractivity contribution is 5.95. The van der Waals surface area contributed by atoms with Gasteiger partial charge >= 0.3 is 0 Å². The number of amides is 1. The number of anilines is 1. The normalized spacial score (nSPS) is 12.4. The smallest absolute Gasteiger partial charge is 0.241 e. The highest BCUT2D eigenvalue weighted by atomic mass is 19.1. The van der Waals surface area contributed by atoms with Crippen LogP contribution >= 0.6 is 0 Å². The highest BCUT2D eigenvalue weighted by Crippen LogP contribution is 2.20. The van der Waals surface area contributed by atoms with Crippen molar-refractivity contribution >= 4 is 11.6 Å². The zero-order valence-corrected chi connectivity index (χ0v) is 18.2. The third-order valence-electron chi connectivity index (χ3n) is 5.53. The molecule has 160 valence electrons. The molecule has 8 heteroatoms. The first kappa shape index (κ1) is 21.7. The van der Waals surface area contributed by atoms with Crippen molar-refractivity contribution in [1.82, 2.24) is 24.9 Å². The third-order valence-corrected chi connectivity index (χ3v) is 5.53. The topological polar surface area (TPSA) is 78.8 Å². The molecule has 0 fully saturated rings. The average molecular weight is 413 g/mol. The monoisotopic (exact) mass is 412 g/mol. The second-order valence-corrected chi connectivity index (χ2v) is 7.70. The fraction of sp³-hybridized carbons (Fsp3) is 0.409. The van der Waals surface area contributed by atoms with Crippen molar-refractivity contribution in [2.45, 2.75) is 39.7 Å². The van der Waals surface area contributed by atoms with Crippen molar-refractivity contribution in [3.05, 3.63) is 53.2 Å². The van der Waals surface area contributed by atoms with Gasteiger partial charge in [0.05, 0.1) is 28.8 Å². The van der Waals surface area contributed by atoms with Crippen LogP contribution in [-0.2, 0) is 18.3 Å². The van der Waals surface area contributed by atoms with Gasteiger partial charge in [0.1, 0.15) is 5.82 Å². The summed E-state index contributed by atoms with van der Waals surface area (Å²) in [6, 6.07) is 8.01. The lowest BCUT2D eigenvalue weighted by Gasteiger charge is -2.23. The van der Waals surface area contributed by atoms with Crippen molar-refractivity contribution in [2.75, 3.05) is 18.9 Å². The van der Waals surface area contributed by atoms with Gasteiger partial charge in [-0.25, -0.2) is 4.39 Å². The van der Waals surface area contributed by atoms with Gasteiger partial charge in [0.15, 0.2) is 0 Å².